The normalized spacial score (nSPS) is 12.7. The predicted molar refractivity (Wildman–Crippen MR) is 190 cm³/mol. The number of likely N-dealkylation sites (N-methyl/N-ethyl adjacent to an activating group) is 2. The van der Waals surface area contributed by atoms with Gasteiger partial charge in [0.05, 0.1) is 22.9 Å². The van der Waals surface area contributed by atoms with Crippen LogP contribution < -0.4 is 21.2 Å². The summed E-state index contributed by atoms with van der Waals surface area (Å²) in [5.74, 6) is 0.231. The van der Waals surface area contributed by atoms with Gasteiger partial charge in [0.2, 0.25) is 0 Å². The molecule has 0 radical (unpaired) electrons. The second-order valence-electron chi connectivity index (χ2n) is 11.6. The van der Waals surface area contributed by atoms with E-state index in [2.05, 4.69) is 55.4 Å². The van der Waals surface area contributed by atoms with Gasteiger partial charge >= 0.3 is 0 Å². The zero-order valence-electron chi connectivity index (χ0n) is 27.6. The maximum Gasteiger partial charge on any atom is 0.159 e. The van der Waals surface area contributed by atoms with Crippen molar-refractivity contribution >= 4 is 34.7 Å². The summed E-state index contributed by atoms with van der Waals surface area (Å²) in [5.41, 5.74) is 7.54. The van der Waals surface area contributed by atoms with Crippen molar-refractivity contribution in [2.45, 2.75) is 13.8 Å². The molecule has 0 unspecified atom stereocenters. The van der Waals surface area contributed by atoms with Crippen LogP contribution in [0.15, 0.2) is 74.2 Å². The largest absolute Gasteiger partial charge is 0.384 e. The van der Waals surface area contributed by atoms with Crippen LogP contribution in [0.25, 0.3) is 34.8 Å². The first-order valence-corrected chi connectivity index (χ1v) is 15.0. The lowest BCUT2D eigenvalue weighted by molar-refractivity contribution is 0.425. The molecule has 0 saturated carbocycles. The minimum absolute atomic E-state index is 0.338. The Morgan fingerprint density at radius 3 is 2.48 bits per heavy atom. The molecule has 0 spiro atoms. The number of H-pyrrole nitrogens is 2. The Labute approximate surface area is 270 Å². The van der Waals surface area contributed by atoms with E-state index in [1.54, 1.807) is 18.5 Å². The van der Waals surface area contributed by atoms with Gasteiger partial charge in [0.1, 0.15) is 11.5 Å². The van der Waals surface area contributed by atoms with E-state index in [0.29, 0.717) is 41.6 Å². The molecule has 0 saturated heterocycles. The number of pyridine rings is 1. The number of aryl methyl sites for hydroxylation is 1. The van der Waals surface area contributed by atoms with Crippen LogP contribution in [0.2, 0.25) is 0 Å². The minimum atomic E-state index is -0.338. The van der Waals surface area contributed by atoms with Crippen molar-refractivity contribution in [3.63, 3.8) is 0 Å². The average molecular weight is 622 g/mol. The van der Waals surface area contributed by atoms with E-state index in [1.165, 1.54) is 12.1 Å². The highest BCUT2D eigenvalue weighted by Crippen LogP contribution is 2.29. The molecule has 1 aromatic carbocycles. The number of allylic oxidation sites excluding steroid dienone is 3. The van der Waals surface area contributed by atoms with E-state index < -0.39 is 0 Å². The first kappa shape index (κ1) is 33.8. The average Bonchev–Trinajstić information content (AvgIpc) is 3.57. The first-order valence-electron chi connectivity index (χ1n) is 15.0. The standard InChI is InChI=1S/C36H44FN9/c1-10-12-31(26-16-28(37)19-29(17-26)39-13-14-45(6)7)34-25(5)41-36(42-34)35-32(33(11-2)43-44-35)15-23(3)27-18-30(21-38-20-27)40-24(4)22-46(8)9/h10-12,15-21,39-40,43H,1,3-4,13-14,22H2,2,5-9H3,(H,41,42)/b31-12-,32-15+,33-11+. The number of benzene rings is 1. The Morgan fingerprint density at radius 2 is 1.78 bits per heavy atom. The Bertz CT molecular complexity index is 1870. The fourth-order valence-corrected chi connectivity index (χ4v) is 5.01. The first-order chi connectivity index (χ1) is 22.0. The number of nitrogens with one attached hydrogen (secondary N) is 4. The van der Waals surface area contributed by atoms with Crippen LogP contribution >= 0.6 is 0 Å². The van der Waals surface area contributed by atoms with Crippen molar-refractivity contribution < 1.29 is 4.39 Å². The highest BCUT2D eigenvalue weighted by Gasteiger charge is 2.18. The van der Waals surface area contributed by atoms with Crippen LogP contribution in [0.1, 0.15) is 29.4 Å². The second kappa shape index (κ2) is 15.3. The molecule has 0 aliphatic heterocycles. The smallest absolute Gasteiger partial charge is 0.159 e. The summed E-state index contributed by atoms with van der Waals surface area (Å²) in [6.07, 6.45) is 11.0. The van der Waals surface area contributed by atoms with Gasteiger partial charge in [-0.25, -0.2) is 9.37 Å². The Kier molecular flexibility index (Phi) is 11.2. The van der Waals surface area contributed by atoms with Crippen molar-refractivity contribution in [3.8, 4) is 11.5 Å². The molecular weight excluding hydrogens is 577 g/mol. The molecule has 0 aliphatic rings. The van der Waals surface area contributed by atoms with Gasteiger partial charge in [0, 0.05) is 59.3 Å². The lowest BCUT2D eigenvalue weighted by atomic mass is 10.00. The molecule has 3 aromatic heterocycles. The van der Waals surface area contributed by atoms with Gasteiger partial charge in [-0.05, 0) is 83.5 Å². The van der Waals surface area contributed by atoms with E-state index in [9.17, 15) is 4.39 Å². The summed E-state index contributed by atoms with van der Waals surface area (Å²) in [7, 11) is 7.98. The second-order valence-corrected chi connectivity index (χ2v) is 11.6. The third kappa shape index (κ3) is 8.56. The fourth-order valence-electron chi connectivity index (χ4n) is 5.01. The molecule has 0 fully saturated rings. The Balaban J connectivity index is 1.71. The topological polar surface area (TPSA) is 101 Å². The third-order valence-electron chi connectivity index (χ3n) is 7.12. The Morgan fingerprint density at radius 1 is 1.02 bits per heavy atom. The number of nitrogens with zero attached hydrogens (tertiary/aromatic N) is 5. The van der Waals surface area contributed by atoms with Crippen LogP contribution in [0.3, 0.4) is 0 Å². The number of imidazole rings is 1. The SMILES string of the molecule is C=C/C=C(/c1cc(F)cc(NCCN(C)C)c1)c1nc(-c2n[nH]c(=C/C)/c2=C\C(=C)c2cncc(NC(=C)CN(C)C)c2)[nH]c1C. The number of aromatic amines is 2. The van der Waals surface area contributed by atoms with Crippen molar-refractivity contribution in [2.75, 3.05) is 58.5 Å². The van der Waals surface area contributed by atoms with Crippen molar-refractivity contribution in [1.29, 1.82) is 0 Å². The van der Waals surface area contributed by atoms with Crippen molar-refractivity contribution in [2.24, 2.45) is 0 Å². The number of halogens is 1. The van der Waals surface area contributed by atoms with Crippen molar-refractivity contribution in [1.82, 2.24) is 34.9 Å². The van der Waals surface area contributed by atoms with Gasteiger partial charge in [-0.1, -0.05) is 38.0 Å². The minimum Gasteiger partial charge on any atom is -0.384 e. The van der Waals surface area contributed by atoms with E-state index in [-0.39, 0.29) is 5.82 Å². The van der Waals surface area contributed by atoms with Crippen LogP contribution in [0.5, 0.6) is 0 Å². The maximum absolute atomic E-state index is 14.8. The van der Waals surface area contributed by atoms with Crippen LogP contribution in [0.4, 0.5) is 15.8 Å². The van der Waals surface area contributed by atoms with Crippen LogP contribution in [0, 0.1) is 12.7 Å². The number of aromatic nitrogens is 5. The van der Waals surface area contributed by atoms with E-state index in [0.717, 1.165) is 50.9 Å². The van der Waals surface area contributed by atoms with E-state index in [4.69, 9.17) is 4.98 Å². The Hall–Kier alpha value is -5.06. The van der Waals surface area contributed by atoms with Gasteiger partial charge in [0.15, 0.2) is 5.82 Å². The highest BCUT2D eigenvalue weighted by molar-refractivity contribution is 5.89. The molecule has 10 heteroatoms. The maximum atomic E-state index is 14.8. The molecule has 46 heavy (non-hydrogen) atoms. The number of hydrogen-bond acceptors (Lipinski definition) is 7. The summed E-state index contributed by atoms with van der Waals surface area (Å²) in [6.45, 7) is 18.4. The third-order valence-corrected chi connectivity index (χ3v) is 7.12. The zero-order valence-corrected chi connectivity index (χ0v) is 27.6. The summed E-state index contributed by atoms with van der Waals surface area (Å²) < 4.78 is 14.8. The summed E-state index contributed by atoms with van der Waals surface area (Å²) in [5, 5.41) is 16.0. The quantitative estimate of drug-likeness (QED) is 0.147. The van der Waals surface area contributed by atoms with E-state index in [1.807, 2.05) is 77.3 Å². The monoisotopic (exact) mass is 621 g/mol. The van der Waals surface area contributed by atoms with Gasteiger partial charge in [-0.3, -0.25) is 10.1 Å². The van der Waals surface area contributed by atoms with Crippen molar-refractivity contribution in [3.05, 3.63) is 113 Å². The molecule has 9 nitrogen and oxygen atoms in total. The molecule has 3 heterocycles. The number of hydrogen-bond donors (Lipinski definition) is 4. The molecule has 4 rings (SSSR count). The van der Waals surface area contributed by atoms with Gasteiger partial charge in [-0.2, -0.15) is 5.10 Å². The van der Waals surface area contributed by atoms with Gasteiger partial charge < -0.3 is 25.4 Å². The molecule has 0 bridgehead atoms. The molecule has 0 amide bonds. The summed E-state index contributed by atoms with van der Waals surface area (Å²) in [4.78, 5) is 16.9. The molecule has 0 atom stereocenters. The van der Waals surface area contributed by atoms with Crippen LogP contribution in [-0.2, 0) is 0 Å². The zero-order chi connectivity index (χ0) is 33.4. The number of anilines is 2. The fraction of sp³-hybridized carbons (Fsp3) is 0.250. The number of rotatable bonds is 14. The lowest BCUT2D eigenvalue weighted by Gasteiger charge is -2.14. The molecule has 4 aromatic rings. The van der Waals surface area contributed by atoms with Gasteiger partial charge in [-0.15, -0.1) is 0 Å². The highest BCUT2D eigenvalue weighted by atomic mass is 19.1. The summed E-state index contributed by atoms with van der Waals surface area (Å²) in [6, 6.07) is 6.92. The summed E-state index contributed by atoms with van der Waals surface area (Å²) >= 11 is 0. The van der Waals surface area contributed by atoms with Crippen LogP contribution in [-0.4, -0.2) is 82.8 Å². The molecule has 0 aliphatic carbocycles. The molecule has 4 N–H and O–H groups in total. The molecule has 240 valence electrons. The predicted octanol–water partition coefficient (Wildman–Crippen LogP) is 5.02. The van der Waals surface area contributed by atoms with Gasteiger partial charge in [0.25, 0.3) is 0 Å². The molecular formula is C36H44FN9. The lowest BCUT2D eigenvalue weighted by Crippen LogP contribution is -2.23. The van der Waals surface area contributed by atoms with E-state index >= 15 is 0 Å².